The molecule has 0 saturated heterocycles. The summed E-state index contributed by atoms with van der Waals surface area (Å²) >= 11 is 0. The zero-order valence-corrected chi connectivity index (χ0v) is 23.3. The number of amides is 3. The van der Waals surface area contributed by atoms with E-state index in [1.54, 1.807) is 13.8 Å². The number of hydrogen-bond donors (Lipinski definition) is 7. The van der Waals surface area contributed by atoms with Gasteiger partial charge < -0.3 is 37.5 Å². The molecule has 0 radical (unpaired) electrons. The molecule has 5 atom stereocenters. The Hall–Kier alpha value is -3.44. The number of carboxylic acids is 1. The second-order valence-corrected chi connectivity index (χ2v) is 10.5. The Kier molecular flexibility index (Phi) is 12.4. The second kappa shape index (κ2) is 15.2. The van der Waals surface area contributed by atoms with Crippen LogP contribution in [0.3, 0.4) is 0 Å². The van der Waals surface area contributed by atoms with Crippen molar-refractivity contribution >= 4 is 34.6 Å². The fourth-order valence-electron chi connectivity index (χ4n) is 4.38. The lowest BCUT2D eigenvalue weighted by Gasteiger charge is -2.29. The molecule has 39 heavy (non-hydrogen) atoms. The average Bonchev–Trinajstić information content (AvgIpc) is 3.31. The molecule has 2 rings (SSSR count). The summed E-state index contributed by atoms with van der Waals surface area (Å²) in [6.07, 6.45) is 4.12. The summed E-state index contributed by atoms with van der Waals surface area (Å²) < 4.78 is 0. The number of para-hydroxylation sites is 1. The molecule has 3 amide bonds. The van der Waals surface area contributed by atoms with Crippen molar-refractivity contribution in [1.29, 1.82) is 0 Å². The molecule has 1 aromatic heterocycles. The number of rotatable bonds is 16. The van der Waals surface area contributed by atoms with Crippen molar-refractivity contribution in [3.63, 3.8) is 0 Å². The lowest BCUT2D eigenvalue weighted by molar-refractivity contribution is -0.143. The Labute approximate surface area is 229 Å². The second-order valence-electron chi connectivity index (χ2n) is 10.5. The summed E-state index contributed by atoms with van der Waals surface area (Å²) in [5, 5.41) is 18.6. The molecule has 5 unspecified atom stereocenters. The number of carbonyl (C=O) groups excluding carboxylic acids is 3. The minimum atomic E-state index is -1.15. The number of fused-ring (bicyclic) bond motifs is 1. The summed E-state index contributed by atoms with van der Waals surface area (Å²) in [5.41, 5.74) is 13.6. The van der Waals surface area contributed by atoms with E-state index >= 15 is 0 Å². The van der Waals surface area contributed by atoms with Crippen molar-refractivity contribution in [2.75, 3.05) is 6.54 Å². The number of nitrogens with two attached hydrogens (primary N) is 2. The Balaban J connectivity index is 2.10. The summed E-state index contributed by atoms with van der Waals surface area (Å²) in [7, 11) is 0. The van der Waals surface area contributed by atoms with Gasteiger partial charge in [-0.1, -0.05) is 52.3 Å². The van der Waals surface area contributed by atoms with Crippen LogP contribution in [0.5, 0.6) is 0 Å². The van der Waals surface area contributed by atoms with Crippen molar-refractivity contribution in [3.8, 4) is 0 Å². The number of benzene rings is 1. The summed E-state index contributed by atoms with van der Waals surface area (Å²) in [4.78, 5) is 54.3. The van der Waals surface area contributed by atoms with E-state index in [0.717, 1.165) is 16.5 Å². The molecule has 1 heterocycles. The fraction of sp³-hybridized carbons (Fsp3) is 0.571. The molecule has 11 heteroatoms. The van der Waals surface area contributed by atoms with Crippen LogP contribution >= 0.6 is 0 Å². The summed E-state index contributed by atoms with van der Waals surface area (Å²) in [6.45, 7) is 7.66. The molecule has 0 bridgehead atoms. The van der Waals surface area contributed by atoms with Gasteiger partial charge >= 0.3 is 5.97 Å². The van der Waals surface area contributed by atoms with E-state index in [2.05, 4.69) is 20.9 Å². The normalized spacial score (nSPS) is 15.3. The van der Waals surface area contributed by atoms with E-state index in [1.807, 2.05) is 44.3 Å². The number of aliphatic carboxylic acids is 1. The van der Waals surface area contributed by atoms with Crippen LogP contribution in [0.4, 0.5) is 0 Å². The molecular weight excluding hydrogens is 500 g/mol. The lowest BCUT2D eigenvalue weighted by Crippen LogP contribution is -2.59. The van der Waals surface area contributed by atoms with E-state index in [0.29, 0.717) is 25.8 Å². The van der Waals surface area contributed by atoms with Gasteiger partial charge in [-0.3, -0.25) is 14.4 Å². The third-order valence-corrected chi connectivity index (χ3v) is 7.05. The van der Waals surface area contributed by atoms with Gasteiger partial charge in [0.15, 0.2) is 0 Å². The number of aromatic nitrogens is 1. The summed E-state index contributed by atoms with van der Waals surface area (Å²) in [6, 6.07) is 3.82. The monoisotopic (exact) mass is 544 g/mol. The van der Waals surface area contributed by atoms with Crippen LogP contribution in [-0.2, 0) is 25.6 Å². The van der Waals surface area contributed by atoms with Crippen LogP contribution < -0.4 is 27.4 Å². The number of carbonyl (C=O) groups is 4. The number of H-pyrrole nitrogens is 1. The van der Waals surface area contributed by atoms with Crippen molar-refractivity contribution in [3.05, 3.63) is 36.0 Å². The Morgan fingerprint density at radius 2 is 1.59 bits per heavy atom. The van der Waals surface area contributed by atoms with Gasteiger partial charge in [0.1, 0.15) is 18.1 Å². The van der Waals surface area contributed by atoms with Gasteiger partial charge in [0.05, 0.1) is 6.04 Å². The Morgan fingerprint density at radius 1 is 0.949 bits per heavy atom. The molecule has 9 N–H and O–H groups in total. The van der Waals surface area contributed by atoms with Crippen molar-refractivity contribution in [1.82, 2.24) is 20.9 Å². The van der Waals surface area contributed by atoms with E-state index in [1.165, 1.54) is 0 Å². The number of hydrogen-bond acceptors (Lipinski definition) is 6. The molecule has 0 aliphatic rings. The maximum Gasteiger partial charge on any atom is 0.326 e. The Bertz CT molecular complexity index is 1120. The molecule has 0 spiro atoms. The van der Waals surface area contributed by atoms with Crippen LogP contribution in [0, 0.1) is 11.8 Å². The van der Waals surface area contributed by atoms with Crippen LogP contribution in [0.2, 0.25) is 0 Å². The molecule has 216 valence electrons. The van der Waals surface area contributed by atoms with Crippen molar-refractivity contribution in [2.45, 2.75) is 84.0 Å². The zero-order chi connectivity index (χ0) is 29.1. The Morgan fingerprint density at radius 3 is 2.21 bits per heavy atom. The summed E-state index contributed by atoms with van der Waals surface area (Å²) in [5.74, 6) is -3.32. The van der Waals surface area contributed by atoms with Crippen molar-refractivity contribution in [2.24, 2.45) is 23.3 Å². The molecule has 0 aliphatic carbocycles. The highest BCUT2D eigenvalue weighted by Crippen LogP contribution is 2.19. The predicted octanol–water partition coefficient (Wildman–Crippen LogP) is 1.41. The fourth-order valence-corrected chi connectivity index (χ4v) is 4.38. The van der Waals surface area contributed by atoms with Crippen LogP contribution in [0.15, 0.2) is 30.5 Å². The standard InChI is InChI=1S/C28H44N6O5/c1-5-17(4)24(34-25(35)20(30)14-18-15-31-21-11-7-6-10-19(18)21)27(37)33-23(16(2)3)26(36)32-22(28(38)39)12-8-9-13-29/h6-7,10-11,15-17,20,22-24,31H,5,8-9,12-14,29-30H2,1-4H3,(H,32,36)(H,33,37)(H,34,35)(H,38,39). The molecule has 2 aromatic rings. The first-order valence-electron chi connectivity index (χ1n) is 13.6. The van der Waals surface area contributed by atoms with Gasteiger partial charge in [-0.25, -0.2) is 4.79 Å². The smallest absolute Gasteiger partial charge is 0.326 e. The van der Waals surface area contributed by atoms with Gasteiger partial charge in [0.2, 0.25) is 17.7 Å². The number of carboxylic acid groups (broad SMARTS) is 1. The van der Waals surface area contributed by atoms with Crippen LogP contribution in [-0.4, -0.2) is 64.5 Å². The lowest BCUT2D eigenvalue weighted by atomic mass is 9.95. The SMILES string of the molecule is CCC(C)C(NC(=O)C(N)Cc1c[nH]c2ccccc12)C(=O)NC(C(=O)NC(CCCCN)C(=O)O)C(C)C. The van der Waals surface area contributed by atoms with Gasteiger partial charge in [-0.05, 0) is 55.7 Å². The molecule has 0 aliphatic heterocycles. The van der Waals surface area contributed by atoms with E-state index < -0.39 is 47.9 Å². The predicted molar refractivity (Wildman–Crippen MR) is 151 cm³/mol. The quantitative estimate of drug-likeness (QED) is 0.155. The van der Waals surface area contributed by atoms with Gasteiger partial charge in [0, 0.05) is 17.1 Å². The molecule has 11 nitrogen and oxygen atoms in total. The molecular formula is C28H44N6O5. The first-order chi connectivity index (χ1) is 18.5. The molecule has 1 aromatic carbocycles. The number of nitrogens with one attached hydrogen (secondary N) is 4. The van der Waals surface area contributed by atoms with Gasteiger partial charge in [-0.2, -0.15) is 0 Å². The third kappa shape index (κ3) is 9.07. The van der Waals surface area contributed by atoms with Crippen LogP contribution in [0.1, 0.15) is 58.9 Å². The van der Waals surface area contributed by atoms with E-state index in [9.17, 15) is 24.3 Å². The average molecular weight is 545 g/mol. The minimum Gasteiger partial charge on any atom is -0.480 e. The van der Waals surface area contributed by atoms with E-state index in [4.69, 9.17) is 11.5 Å². The first-order valence-corrected chi connectivity index (χ1v) is 13.6. The maximum absolute atomic E-state index is 13.4. The highest BCUT2D eigenvalue weighted by atomic mass is 16.4. The highest BCUT2D eigenvalue weighted by molar-refractivity contribution is 5.94. The first kappa shape index (κ1) is 31.8. The van der Waals surface area contributed by atoms with Gasteiger partial charge in [-0.15, -0.1) is 0 Å². The highest BCUT2D eigenvalue weighted by Gasteiger charge is 2.33. The number of unbranched alkanes of at least 4 members (excludes halogenated alkanes) is 1. The molecule has 0 saturated carbocycles. The van der Waals surface area contributed by atoms with Crippen molar-refractivity contribution < 1.29 is 24.3 Å². The largest absolute Gasteiger partial charge is 0.480 e. The topological polar surface area (TPSA) is 192 Å². The van der Waals surface area contributed by atoms with E-state index in [-0.39, 0.29) is 24.7 Å². The zero-order valence-electron chi connectivity index (χ0n) is 23.3. The molecule has 0 fully saturated rings. The van der Waals surface area contributed by atoms with Crippen LogP contribution in [0.25, 0.3) is 10.9 Å². The van der Waals surface area contributed by atoms with Gasteiger partial charge in [0.25, 0.3) is 0 Å². The third-order valence-electron chi connectivity index (χ3n) is 7.05. The maximum atomic E-state index is 13.4. The minimum absolute atomic E-state index is 0.233. The number of aromatic amines is 1.